The van der Waals surface area contributed by atoms with Crippen molar-refractivity contribution in [2.75, 3.05) is 11.9 Å². The molecule has 5 heteroatoms. The molecular weight excluding hydrogens is 328 g/mol. The zero-order valence-corrected chi connectivity index (χ0v) is 15.7. The summed E-state index contributed by atoms with van der Waals surface area (Å²) in [7, 11) is 2.04. The first-order valence-corrected chi connectivity index (χ1v) is 8.71. The van der Waals surface area contributed by atoms with Gasteiger partial charge in [-0.25, -0.2) is 0 Å². The van der Waals surface area contributed by atoms with Gasteiger partial charge in [0.25, 0.3) is 5.69 Å². The smallest absolute Gasteiger partial charge is 0.273 e. The average molecular weight is 350 g/mol. The third-order valence-electron chi connectivity index (χ3n) is 6.01. The molecule has 2 aromatic carbocycles. The highest BCUT2D eigenvalue weighted by Gasteiger charge is 2.57. The second-order valence-electron chi connectivity index (χ2n) is 7.67. The highest BCUT2D eigenvalue weighted by Crippen LogP contribution is 2.55. The van der Waals surface area contributed by atoms with Gasteiger partial charge in [0.05, 0.1) is 10.3 Å². The van der Waals surface area contributed by atoms with E-state index < -0.39 is 5.72 Å². The number of para-hydroxylation sites is 1. The normalized spacial score (nSPS) is 22.1. The van der Waals surface area contributed by atoms with Crippen LogP contribution in [0.5, 0.6) is 5.75 Å². The Balaban J connectivity index is 1.92. The van der Waals surface area contributed by atoms with Gasteiger partial charge in [0.15, 0.2) is 0 Å². The van der Waals surface area contributed by atoms with E-state index in [4.69, 9.17) is 4.74 Å². The Morgan fingerprint density at radius 3 is 2.54 bits per heavy atom. The molecule has 2 aliphatic rings. The predicted molar refractivity (Wildman–Crippen MR) is 103 cm³/mol. The van der Waals surface area contributed by atoms with Gasteiger partial charge in [0.2, 0.25) is 5.72 Å². The summed E-state index contributed by atoms with van der Waals surface area (Å²) in [5.74, 6) is 0.725. The largest absolute Gasteiger partial charge is 0.462 e. The fourth-order valence-corrected chi connectivity index (χ4v) is 4.41. The van der Waals surface area contributed by atoms with E-state index in [0.717, 1.165) is 22.6 Å². The van der Waals surface area contributed by atoms with E-state index in [1.165, 1.54) is 5.56 Å². The van der Waals surface area contributed by atoms with Gasteiger partial charge in [0, 0.05) is 29.9 Å². The van der Waals surface area contributed by atoms with Crippen LogP contribution >= 0.6 is 0 Å². The second kappa shape index (κ2) is 5.10. The topological polar surface area (TPSA) is 55.6 Å². The standard InChI is InChI=1S/C21H22N2O3/c1-13-12-18(23(24)25)14(2)15-10-11-21(26-19(13)15)20(3,4)16-8-6-7-9-17(16)22(21)5/h6-12H,1-5H3. The third kappa shape index (κ3) is 1.86. The van der Waals surface area contributed by atoms with E-state index in [0.29, 0.717) is 5.56 Å². The molecule has 0 aliphatic carbocycles. The van der Waals surface area contributed by atoms with E-state index >= 15 is 0 Å². The van der Waals surface area contributed by atoms with Crippen LogP contribution < -0.4 is 9.64 Å². The number of nitrogens with zero attached hydrogens (tertiary/aromatic N) is 2. The van der Waals surface area contributed by atoms with Crippen molar-refractivity contribution in [1.82, 2.24) is 0 Å². The number of hydrogen-bond donors (Lipinski definition) is 0. The van der Waals surface area contributed by atoms with Crippen molar-refractivity contribution >= 4 is 17.5 Å². The van der Waals surface area contributed by atoms with Gasteiger partial charge in [-0.05, 0) is 57.0 Å². The lowest BCUT2D eigenvalue weighted by molar-refractivity contribution is -0.385. The minimum Gasteiger partial charge on any atom is -0.462 e. The molecule has 4 rings (SSSR count). The van der Waals surface area contributed by atoms with Gasteiger partial charge < -0.3 is 9.64 Å². The summed E-state index contributed by atoms with van der Waals surface area (Å²) in [4.78, 5) is 13.2. The van der Waals surface area contributed by atoms with Crippen LogP contribution in [0.2, 0.25) is 0 Å². The first-order chi connectivity index (χ1) is 12.2. The van der Waals surface area contributed by atoms with Gasteiger partial charge in [-0.3, -0.25) is 10.1 Å². The van der Waals surface area contributed by atoms with Crippen molar-refractivity contribution in [3.05, 3.63) is 68.8 Å². The summed E-state index contributed by atoms with van der Waals surface area (Å²) in [5, 5.41) is 11.3. The Morgan fingerprint density at radius 2 is 1.88 bits per heavy atom. The molecule has 0 saturated carbocycles. The van der Waals surface area contributed by atoms with E-state index in [2.05, 4.69) is 30.9 Å². The van der Waals surface area contributed by atoms with Crippen molar-refractivity contribution < 1.29 is 9.66 Å². The number of rotatable bonds is 1. The third-order valence-corrected chi connectivity index (χ3v) is 6.01. The van der Waals surface area contributed by atoms with Crippen molar-refractivity contribution in [3.8, 4) is 5.75 Å². The Morgan fingerprint density at radius 1 is 1.19 bits per heavy atom. The number of nitro benzene ring substituents is 1. The van der Waals surface area contributed by atoms with Gasteiger partial charge in [-0.15, -0.1) is 0 Å². The van der Waals surface area contributed by atoms with Crippen LogP contribution in [0.15, 0.2) is 36.4 Å². The maximum atomic E-state index is 11.3. The average Bonchev–Trinajstić information content (AvgIpc) is 2.77. The van der Waals surface area contributed by atoms with Crippen LogP contribution in [-0.2, 0) is 5.41 Å². The van der Waals surface area contributed by atoms with Crippen LogP contribution in [0, 0.1) is 24.0 Å². The van der Waals surface area contributed by atoms with Crippen LogP contribution in [0.1, 0.15) is 36.1 Å². The molecule has 1 unspecified atom stereocenters. The number of hydrogen-bond acceptors (Lipinski definition) is 4. The molecule has 134 valence electrons. The lowest BCUT2D eigenvalue weighted by atomic mass is 9.76. The van der Waals surface area contributed by atoms with Gasteiger partial charge in [-0.1, -0.05) is 18.2 Å². The Labute approximate surface area is 153 Å². The molecule has 0 aromatic heterocycles. The molecule has 0 amide bonds. The first kappa shape index (κ1) is 16.6. The summed E-state index contributed by atoms with van der Waals surface area (Å²) >= 11 is 0. The number of anilines is 1. The van der Waals surface area contributed by atoms with Gasteiger partial charge in [0.1, 0.15) is 5.75 Å². The number of likely N-dealkylation sites (N-methyl/N-ethyl adjacent to an activating group) is 1. The quantitative estimate of drug-likeness (QED) is 0.550. The fraction of sp³-hybridized carbons (Fsp3) is 0.333. The Bertz CT molecular complexity index is 977. The molecule has 1 spiro atoms. The molecule has 0 bridgehead atoms. The molecule has 0 saturated heterocycles. The fourth-order valence-electron chi connectivity index (χ4n) is 4.41. The summed E-state index contributed by atoms with van der Waals surface area (Å²) in [6, 6.07) is 9.93. The van der Waals surface area contributed by atoms with Gasteiger partial charge >= 0.3 is 0 Å². The highest BCUT2D eigenvalue weighted by atomic mass is 16.6. The number of ether oxygens (including phenoxy) is 1. The summed E-state index contributed by atoms with van der Waals surface area (Å²) in [6.45, 7) is 8.00. The summed E-state index contributed by atoms with van der Waals surface area (Å²) in [6.07, 6.45) is 4.03. The van der Waals surface area contributed by atoms with E-state index in [-0.39, 0.29) is 16.0 Å². The van der Waals surface area contributed by atoms with Crippen LogP contribution in [0.3, 0.4) is 0 Å². The van der Waals surface area contributed by atoms with Crippen LogP contribution in [-0.4, -0.2) is 17.7 Å². The number of aryl methyl sites for hydroxylation is 1. The zero-order valence-electron chi connectivity index (χ0n) is 15.7. The Kier molecular flexibility index (Phi) is 3.26. The maximum absolute atomic E-state index is 11.3. The van der Waals surface area contributed by atoms with Gasteiger partial charge in [-0.2, -0.15) is 0 Å². The van der Waals surface area contributed by atoms with Crippen LogP contribution in [0.25, 0.3) is 6.08 Å². The molecule has 26 heavy (non-hydrogen) atoms. The SMILES string of the molecule is Cc1cc([N+](=O)[O-])c(C)c2c1OC1(C=C2)N(C)c2ccccc2C1(C)C. The molecule has 1 atom stereocenters. The molecule has 0 radical (unpaired) electrons. The minimum absolute atomic E-state index is 0.132. The molecule has 0 N–H and O–H groups in total. The summed E-state index contributed by atoms with van der Waals surface area (Å²) < 4.78 is 6.65. The van der Waals surface area contributed by atoms with Crippen molar-refractivity contribution in [2.24, 2.45) is 0 Å². The van der Waals surface area contributed by atoms with Crippen molar-refractivity contribution in [2.45, 2.75) is 38.8 Å². The molecule has 5 nitrogen and oxygen atoms in total. The predicted octanol–water partition coefficient (Wildman–Crippen LogP) is 4.74. The number of benzene rings is 2. The van der Waals surface area contributed by atoms with Crippen LogP contribution in [0.4, 0.5) is 11.4 Å². The number of nitro groups is 1. The number of fused-ring (bicyclic) bond motifs is 2. The Hall–Kier alpha value is -2.82. The lowest BCUT2D eigenvalue weighted by Gasteiger charge is -2.46. The highest BCUT2D eigenvalue weighted by molar-refractivity contribution is 5.75. The van der Waals surface area contributed by atoms with E-state index in [9.17, 15) is 10.1 Å². The summed E-state index contributed by atoms with van der Waals surface area (Å²) in [5.41, 5.74) is 3.76. The maximum Gasteiger partial charge on any atom is 0.273 e. The monoisotopic (exact) mass is 350 g/mol. The zero-order chi connectivity index (χ0) is 18.9. The molecular formula is C21H22N2O3. The minimum atomic E-state index is -0.670. The molecule has 2 aromatic rings. The van der Waals surface area contributed by atoms with E-state index in [1.54, 1.807) is 13.0 Å². The van der Waals surface area contributed by atoms with E-state index in [1.807, 2.05) is 38.3 Å². The molecule has 0 fully saturated rings. The van der Waals surface area contributed by atoms with Crippen molar-refractivity contribution in [1.29, 1.82) is 0 Å². The molecule has 2 aliphatic heterocycles. The second-order valence-corrected chi connectivity index (χ2v) is 7.67. The first-order valence-electron chi connectivity index (χ1n) is 8.71. The lowest BCUT2D eigenvalue weighted by Crippen LogP contribution is -2.58. The van der Waals surface area contributed by atoms with Crippen molar-refractivity contribution in [3.63, 3.8) is 0 Å². The molecule has 2 heterocycles.